The fourth-order valence-electron chi connectivity index (χ4n) is 2.80. The minimum Gasteiger partial charge on any atom is -0.496 e. The smallest absolute Gasteiger partial charge is 0.335 e. The van der Waals surface area contributed by atoms with Crippen molar-refractivity contribution in [1.82, 2.24) is 5.32 Å². The van der Waals surface area contributed by atoms with Crippen LogP contribution in [0.25, 0.3) is 6.08 Å². The highest BCUT2D eigenvalue weighted by Gasteiger charge is 2.37. The van der Waals surface area contributed by atoms with Crippen molar-refractivity contribution in [3.05, 3.63) is 64.7 Å². The SMILES string of the molecule is COc1ccccc1/C=C1\C(=O)NC(=O)N(c2cccc(C)c2C)C1=O. The summed E-state index contributed by atoms with van der Waals surface area (Å²) in [7, 11) is 1.51. The summed E-state index contributed by atoms with van der Waals surface area (Å²) in [5.41, 5.74) is 2.63. The van der Waals surface area contributed by atoms with E-state index < -0.39 is 17.8 Å². The number of barbiturate groups is 1. The van der Waals surface area contributed by atoms with E-state index >= 15 is 0 Å². The van der Waals surface area contributed by atoms with Crippen LogP contribution in [0.4, 0.5) is 10.5 Å². The molecule has 1 fully saturated rings. The molecule has 0 aromatic heterocycles. The molecule has 6 nitrogen and oxygen atoms in total. The van der Waals surface area contributed by atoms with Crippen molar-refractivity contribution in [3.8, 4) is 5.75 Å². The summed E-state index contributed by atoms with van der Waals surface area (Å²) >= 11 is 0. The van der Waals surface area contributed by atoms with Crippen molar-refractivity contribution >= 4 is 29.6 Å². The molecule has 0 bridgehead atoms. The zero-order valence-corrected chi connectivity index (χ0v) is 14.7. The van der Waals surface area contributed by atoms with Crippen molar-refractivity contribution in [2.24, 2.45) is 0 Å². The van der Waals surface area contributed by atoms with Crippen LogP contribution in [-0.2, 0) is 9.59 Å². The lowest BCUT2D eigenvalue weighted by atomic mass is 10.0. The van der Waals surface area contributed by atoms with Crippen LogP contribution in [0.2, 0.25) is 0 Å². The number of aryl methyl sites for hydroxylation is 1. The Hall–Kier alpha value is -3.41. The van der Waals surface area contributed by atoms with Crippen LogP contribution in [0.1, 0.15) is 16.7 Å². The van der Waals surface area contributed by atoms with Gasteiger partial charge < -0.3 is 4.74 Å². The summed E-state index contributed by atoms with van der Waals surface area (Å²) < 4.78 is 5.26. The maximum atomic E-state index is 12.9. The van der Waals surface area contributed by atoms with Crippen molar-refractivity contribution in [2.45, 2.75) is 13.8 Å². The Labute approximate surface area is 151 Å². The second-order valence-corrected chi connectivity index (χ2v) is 5.92. The number of hydrogen-bond donors (Lipinski definition) is 1. The first-order valence-electron chi connectivity index (χ1n) is 8.04. The second-order valence-electron chi connectivity index (χ2n) is 5.92. The monoisotopic (exact) mass is 350 g/mol. The van der Waals surface area contributed by atoms with E-state index in [-0.39, 0.29) is 5.57 Å². The van der Waals surface area contributed by atoms with Gasteiger partial charge in [0.25, 0.3) is 11.8 Å². The molecule has 2 aromatic carbocycles. The molecular formula is C20H18N2O4. The molecule has 0 radical (unpaired) electrons. The molecule has 0 unspecified atom stereocenters. The van der Waals surface area contributed by atoms with Crippen molar-refractivity contribution < 1.29 is 19.1 Å². The van der Waals surface area contributed by atoms with Gasteiger partial charge in [0, 0.05) is 5.56 Å². The molecule has 1 N–H and O–H groups in total. The summed E-state index contributed by atoms with van der Waals surface area (Å²) in [6.45, 7) is 3.72. The van der Waals surface area contributed by atoms with E-state index in [0.29, 0.717) is 17.0 Å². The number of anilines is 1. The van der Waals surface area contributed by atoms with Crippen LogP contribution in [0, 0.1) is 13.8 Å². The molecule has 132 valence electrons. The minimum absolute atomic E-state index is 0.130. The number of carbonyl (C=O) groups excluding carboxylic acids is 3. The van der Waals surface area contributed by atoms with E-state index in [2.05, 4.69) is 5.32 Å². The van der Waals surface area contributed by atoms with Gasteiger partial charge in [-0.3, -0.25) is 14.9 Å². The van der Waals surface area contributed by atoms with Crippen molar-refractivity contribution in [2.75, 3.05) is 12.0 Å². The molecule has 26 heavy (non-hydrogen) atoms. The second kappa shape index (κ2) is 6.84. The van der Waals surface area contributed by atoms with Gasteiger partial charge in [0.2, 0.25) is 0 Å². The third-order valence-corrected chi connectivity index (χ3v) is 4.36. The van der Waals surface area contributed by atoms with Gasteiger partial charge in [-0.2, -0.15) is 0 Å². The zero-order chi connectivity index (χ0) is 18.8. The van der Waals surface area contributed by atoms with Gasteiger partial charge in [-0.1, -0.05) is 30.3 Å². The Morgan fingerprint density at radius 1 is 1.00 bits per heavy atom. The highest BCUT2D eigenvalue weighted by molar-refractivity contribution is 6.39. The number of ether oxygens (including phenoxy) is 1. The topological polar surface area (TPSA) is 75.7 Å². The minimum atomic E-state index is -0.758. The fourth-order valence-corrected chi connectivity index (χ4v) is 2.80. The number of para-hydroxylation sites is 1. The Morgan fingerprint density at radius 2 is 1.73 bits per heavy atom. The maximum absolute atomic E-state index is 12.9. The lowest BCUT2D eigenvalue weighted by Crippen LogP contribution is -2.54. The molecule has 1 aliphatic heterocycles. The molecule has 1 heterocycles. The Kier molecular flexibility index (Phi) is 4.58. The van der Waals surface area contributed by atoms with Gasteiger partial charge in [0.05, 0.1) is 12.8 Å². The molecule has 4 amide bonds. The predicted octanol–water partition coefficient (Wildman–Crippen LogP) is 2.98. The molecule has 1 aliphatic rings. The van der Waals surface area contributed by atoms with E-state index in [0.717, 1.165) is 16.0 Å². The number of methoxy groups -OCH3 is 1. The molecule has 0 aliphatic carbocycles. The highest BCUT2D eigenvalue weighted by Crippen LogP contribution is 2.28. The van der Waals surface area contributed by atoms with Gasteiger partial charge in [0.1, 0.15) is 11.3 Å². The van der Waals surface area contributed by atoms with E-state index in [1.165, 1.54) is 13.2 Å². The molecule has 6 heteroatoms. The number of hydrogen-bond acceptors (Lipinski definition) is 4. The number of rotatable bonds is 3. The Balaban J connectivity index is 2.09. The van der Waals surface area contributed by atoms with Crippen LogP contribution in [0.15, 0.2) is 48.0 Å². The van der Waals surface area contributed by atoms with Crippen molar-refractivity contribution in [3.63, 3.8) is 0 Å². The summed E-state index contributed by atoms with van der Waals surface area (Å²) in [6.07, 6.45) is 1.43. The molecule has 0 spiro atoms. The first-order valence-corrected chi connectivity index (χ1v) is 8.04. The van der Waals surface area contributed by atoms with E-state index in [1.54, 1.807) is 36.4 Å². The van der Waals surface area contributed by atoms with Gasteiger partial charge >= 0.3 is 6.03 Å². The number of nitrogens with one attached hydrogen (secondary N) is 1. The first-order chi connectivity index (χ1) is 12.4. The van der Waals surface area contributed by atoms with Crippen LogP contribution in [-0.4, -0.2) is 25.0 Å². The Morgan fingerprint density at radius 3 is 2.46 bits per heavy atom. The molecule has 1 saturated heterocycles. The normalized spacial score (nSPS) is 16.0. The van der Waals surface area contributed by atoms with Gasteiger partial charge in [-0.15, -0.1) is 0 Å². The number of benzene rings is 2. The number of carbonyl (C=O) groups is 3. The Bertz CT molecular complexity index is 947. The molecule has 0 saturated carbocycles. The summed E-state index contributed by atoms with van der Waals surface area (Å²) in [5, 5.41) is 2.23. The highest BCUT2D eigenvalue weighted by atomic mass is 16.5. The van der Waals surface area contributed by atoms with E-state index in [1.807, 2.05) is 19.9 Å². The summed E-state index contributed by atoms with van der Waals surface area (Å²) in [6, 6.07) is 11.6. The predicted molar refractivity (Wildman–Crippen MR) is 97.9 cm³/mol. The lowest BCUT2D eigenvalue weighted by molar-refractivity contribution is -0.122. The third kappa shape index (κ3) is 2.97. The molecular weight excluding hydrogens is 332 g/mol. The number of nitrogens with zero attached hydrogens (tertiary/aromatic N) is 1. The summed E-state index contributed by atoms with van der Waals surface area (Å²) in [5.74, 6) is -0.874. The molecule has 2 aromatic rings. The third-order valence-electron chi connectivity index (χ3n) is 4.36. The molecule has 3 rings (SSSR count). The van der Waals surface area contributed by atoms with E-state index in [4.69, 9.17) is 4.74 Å². The maximum Gasteiger partial charge on any atom is 0.335 e. The fraction of sp³-hybridized carbons (Fsp3) is 0.150. The quantitative estimate of drug-likeness (QED) is 0.682. The average Bonchev–Trinajstić information content (AvgIpc) is 2.62. The van der Waals surface area contributed by atoms with Crippen molar-refractivity contribution in [1.29, 1.82) is 0 Å². The van der Waals surface area contributed by atoms with Gasteiger partial charge in [-0.05, 0) is 43.2 Å². The number of urea groups is 1. The average molecular weight is 350 g/mol. The van der Waals surface area contributed by atoms with Gasteiger partial charge in [0.15, 0.2) is 0 Å². The summed E-state index contributed by atoms with van der Waals surface area (Å²) in [4.78, 5) is 38.5. The standard InChI is InChI=1S/C20H18N2O4/c1-12-7-6-9-16(13(12)2)22-19(24)15(18(23)21-20(22)25)11-14-8-4-5-10-17(14)26-3/h4-11H,1-3H3,(H,21,23,25)/b15-11+. The number of imide groups is 2. The first kappa shape index (κ1) is 17.4. The number of amides is 4. The zero-order valence-electron chi connectivity index (χ0n) is 14.7. The van der Waals surface area contributed by atoms with Crippen LogP contribution in [0.3, 0.4) is 0 Å². The largest absolute Gasteiger partial charge is 0.496 e. The lowest BCUT2D eigenvalue weighted by Gasteiger charge is -2.28. The van der Waals surface area contributed by atoms with Crippen LogP contribution >= 0.6 is 0 Å². The van der Waals surface area contributed by atoms with Crippen LogP contribution in [0.5, 0.6) is 5.75 Å². The van der Waals surface area contributed by atoms with Gasteiger partial charge in [-0.25, -0.2) is 9.69 Å². The van der Waals surface area contributed by atoms with E-state index in [9.17, 15) is 14.4 Å². The molecule has 0 atom stereocenters. The van der Waals surface area contributed by atoms with Crippen LogP contribution < -0.4 is 15.0 Å².